The minimum atomic E-state index is -0.926. The summed E-state index contributed by atoms with van der Waals surface area (Å²) in [5.41, 5.74) is 1.24. The molecule has 178 valence electrons. The van der Waals surface area contributed by atoms with Gasteiger partial charge in [-0.05, 0) is 42.2 Å². The Morgan fingerprint density at radius 1 is 1.12 bits per heavy atom. The van der Waals surface area contributed by atoms with Crippen molar-refractivity contribution in [3.8, 4) is 0 Å². The third kappa shape index (κ3) is 6.93. The molecule has 1 atom stereocenters. The monoisotopic (exact) mass is 447 g/mol. The maximum Gasteiger partial charge on any atom is 0.303 e. The number of piperidine rings is 1. The van der Waals surface area contributed by atoms with Gasteiger partial charge in [-0.3, -0.25) is 19.7 Å². The highest BCUT2D eigenvalue weighted by atomic mass is 16.6. The Kier molecular flexibility index (Phi) is 9.04. The van der Waals surface area contributed by atoms with Crippen LogP contribution in [0, 0.1) is 22.0 Å². The normalized spacial score (nSPS) is 15.8. The summed E-state index contributed by atoms with van der Waals surface area (Å²) < 4.78 is 0. The van der Waals surface area contributed by atoms with E-state index in [0.29, 0.717) is 49.1 Å². The highest BCUT2D eigenvalue weighted by Gasteiger charge is 2.31. The van der Waals surface area contributed by atoms with Crippen molar-refractivity contribution >= 4 is 23.3 Å². The third-order valence-electron chi connectivity index (χ3n) is 5.96. The number of aliphatic carboxylic acids is 1. The summed E-state index contributed by atoms with van der Waals surface area (Å²) in [4.78, 5) is 39.1. The Balaban J connectivity index is 2.28. The molecule has 8 heteroatoms. The number of anilines is 1. The molecule has 8 nitrogen and oxygen atoms in total. The van der Waals surface area contributed by atoms with Gasteiger partial charge in [-0.1, -0.05) is 40.7 Å². The first kappa shape index (κ1) is 25.6. The van der Waals surface area contributed by atoms with Gasteiger partial charge in [0, 0.05) is 38.2 Å². The van der Waals surface area contributed by atoms with E-state index in [-0.39, 0.29) is 34.9 Å². The average Bonchev–Trinajstić information content (AvgIpc) is 2.70. The van der Waals surface area contributed by atoms with Gasteiger partial charge in [-0.2, -0.15) is 0 Å². The van der Waals surface area contributed by atoms with E-state index in [1.807, 2.05) is 24.8 Å². The number of carboxylic acid groups (broad SMARTS) is 1. The van der Waals surface area contributed by atoms with Gasteiger partial charge in [0.15, 0.2) is 0 Å². The summed E-state index contributed by atoms with van der Waals surface area (Å²) >= 11 is 0. The molecule has 0 spiro atoms. The number of carboxylic acids is 1. The molecule has 1 aliphatic rings. The molecule has 1 N–H and O–H groups in total. The Morgan fingerprint density at radius 2 is 1.75 bits per heavy atom. The van der Waals surface area contributed by atoms with Crippen LogP contribution >= 0.6 is 0 Å². The predicted molar refractivity (Wildman–Crippen MR) is 125 cm³/mol. The predicted octanol–water partition coefficient (Wildman–Crippen LogP) is 4.67. The number of amides is 1. The fourth-order valence-electron chi connectivity index (χ4n) is 4.36. The van der Waals surface area contributed by atoms with E-state index in [1.54, 1.807) is 13.0 Å². The number of hydrogen-bond acceptors (Lipinski definition) is 5. The molecular formula is C24H37N3O5. The number of benzene rings is 1. The molecule has 0 saturated carbocycles. The molecule has 1 heterocycles. The SMILES string of the molecule is CC(C)CC(=O)N1CCC(N(CC(C)C)c2ccc(C(C)CC(=O)O)cc2[N+](=O)[O-])CC1. The molecule has 32 heavy (non-hydrogen) atoms. The van der Waals surface area contributed by atoms with Crippen LogP contribution in [0.4, 0.5) is 11.4 Å². The summed E-state index contributed by atoms with van der Waals surface area (Å²) in [5.74, 6) is -0.432. The van der Waals surface area contributed by atoms with E-state index in [2.05, 4.69) is 18.7 Å². The maximum atomic E-state index is 12.4. The van der Waals surface area contributed by atoms with Crippen molar-refractivity contribution in [1.29, 1.82) is 0 Å². The number of nitrogens with zero attached hydrogens (tertiary/aromatic N) is 3. The van der Waals surface area contributed by atoms with Gasteiger partial charge in [-0.25, -0.2) is 0 Å². The Bertz CT molecular complexity index is 816. The van der Waals surface area contributed by atoms with Crippen LogP contribution in [-0.4, -0.2) is 52.5 Å². The topological polar surface area (TPSA) is 104 Å². The van der Waals surface area contributed by atoms with Crippen LogP contribution in [0.2, 0.25) is 0 Å². The lowest BCUT2D eigenvalue weighted by atomic mass is 9.95. The van der Waals surface area contributed by atoms with E-state index in [9.17, 15) is 19.7 Å². The van der Waals surface area contributed by atoms with E-state index >= 15 is 0 Å². The number of rotatable bonds is 10. The smallest absolute Gasteiger partial charge is 0.303 e. The van der Waals surface area contributed by atoms with Crippen molar-refractivity contribution in [1.82, 2.24) is 4.90 Å². The lowest BCUT2D eigenvalue weighted by Gasteiger charge is -2.40. The van der Waals surface area contributed by atoms with Gasteiger partial charge in [0.2, 0.25) is 5.91 Å². The largest absolute Gasteiger partial charge is 0.481 e. The maximum absolute atomic E-state index is 12.4. The second kappa shape index (κ2) is 11.3. The van der Waals surface area contributed by atoms with Crippen LogP contribution < -0.4 is 4.90 Å². The van der Waals surface area contributed by atoms with Crippen molar-refractivity contribution < 1.29 is 19.6 Å². The first-order valence-corrected chi connectivity index (χ1v) is 11.5. The first-order valence-electron chi connectivity index (χ1n) is 11.5. The van der Waals surface area contributed by atoms with Crippen molar-refractivity contribution in [2.45, 2.75) is 72.3 Å². The van der Waals surface area contributed by atoms with Gasteiger partial charge < -0.3 is 14.9 Å². The Hall–Kier alpha value is -2.64. The fraction of sp³-hybridized carbons (Fsp3) is 0.667. The van der Waals surface area contributed by atoms with Crippen LogP contribution in [0.15, 0.2) is 18.2 Å². The lowest BCUT2D eigenvalue weighted by Crippen LogP contribution is -2.48. The molecule has 1 aliphatic heterocycles. The Morgan fingerprint density at radius 3 is 2.25 bits per heavy atom. The molecule has 0 bridgehead atoms. The highest BCUT2D eigenvalue weighted by Crippen LogP contribution is 2.36. The van der Waals surface area contributed by atoms with Crippen LogP contribution in [-0.2, 0) is 9.59 Å². The van der Waals surface area contributed by atoms with Crippen molar-refractivity contribution in [3.63, 3.8) is 0 Å². The number of carbonyl (C=O) groups is 2. The van der Waals surface area contributed by atoms with E-state index in [4.69, 9.17) is 5.11 Å². The van der Waals surface area contributed by atoms with Crippen LogP contribution in [0.25, 0.3) is 0 Å². The molecule has 0 aromatic heterocycles. The van der Waals surface area contributed by atoms with Gasteiger partial charge in [-0.15, -0.1) is 0 Å². The number of nitro groups is 1. The summed E-state index contributed by atoms with van der Waals surface area (Å²) in [6, 6.07) is 5.22. The minimum Gasteiger partial charge on any atom is -0.481 e. The molecule has 1 aromatic rings. The minimum absolute atomic E-state index is 0.0127. The number of carbonyl (C=O) groups excluding carboxylic acids is 1. The second-order valence-corrected chi connectivity index (χ2v) is 9.76. The standard InChI is InChI=1S/C24H37N3O5/c1-16(2)12-23(28)25-10-8-20(9-11-25)26(15-17(3)4)21-7-6-19(14-22(21)27(31)32)18(5)13-24(29)30/h6-7,14,16-18,20H,8-13,15H2,1-5H3,(H,29,30). The summed E-state index contributed by atoms with van der Waals surface area (Å²) in [7, 11) is 0. The average molecular weight is 448 g/mol. The Labute approximate surface area is 190 Å². The fourth-order valence-corrected chi connectivity index (χ4v) is 4.36. The molecule has 0 radical (unpaired) electrons. The van der Waals surface area contributed by atoms with E-state index < -0.39 is 5.97 Å². The molecule has 1 saturated heterocycles. The van der Waals surface area contributed by atoms with E-state index in [1.165, 1.54) is 6.07 Å². The van der Waals surface area contributed by atoms with Crippen molar-refractivity contribution in [3.05, 3.63) is 33.9 Å². The molecule has 1 amide bonds. The molecular weight excluding hydrogens is 410 g/mol. The quantitative estimate of drug-likeness (QED) is 0.413. The van der Waals surface area contributed by atoms with Crippen LogP contribution in [0.3, 0.4) is 0 Å². The number of nitro benzene ring substituents is 1. The number of hydrogen-bond donors (Lipinski definition) is 1. The van der Waals surface area contributed by atoms with Gasteiger partial charge >= 0.3 is 5.97 Å². The zero-order valence-electron chi connectivity index (χ0n) is 19.9. The molecule has 1 fully saturated rings. The molecule has 1 unspecified atom stereocenters. The van der Waals surface area contributed by atoms with Gasteiger partial charge in [0.05, 0.1) is 11.3 Å². The summed E-state index contributed by atoms with van der Waals surface area (Å²) in [5, 5.41) is 21.0. The third-order valence-corrected chi connectivity index (χ3v) is 5.96. The summed E-state index contributed by atoms with van der Waals surface area (Å²) in [6.07, 6.45) is 2.01. The molecule has 0 aliphatic carbocycles. The van der Waals surface area contributed by atoms with E-state index in [0.717, 1.165) is 12.8 Å². The highest BCUT2D eigenvalue weighted by molar-refractivity contribution is 5.76. The number of likely N-dealkylation sites (tertiary alicyclic amines) is 1. The zero-order chi connectivity index (χ0) is 24.0. The lowest BCUT2D eigenvalue weighted by molar-refractivity contribution is -0.384. The second-order valence-electron chi connectivity index (χ2n) is 9.76. The molecule has 2 rings (SSSR count). The van der Waals surface area contributed by atoms with Crippen LogP contribution in [0.1, 0.15) is 71.8 Å². The van der Waals surface area contributed by atoms with Gasteiger partial charge in [0.25, 0.3) is 5.69 Å². The first-order chi connectivity index (χ1) is 15.0. The van der Waals surface area contributed by atoms with Crippen molar-refractivity contribution in [2.24, 2.45) is 11.8 Å². The summed E-state index contributed by atoms with van der Waals surface area (Å²) in [6.45, 7) is 12.0. The van der Waals surface area contributed by atoms with Crippen molar-refractivity contribution in [2.75, 3.05) is 24.5 Å². The zero-order valence-corrected chi connectivity index (χ0v) is 19.9. The van der Waals surface area contributed by atoms with Gasteiger partial charge in [0.1, 0.15) is 5.69 Å². The van der Waals surface area contributed by atoms with Crippen LogP contribution in [0.5, 0.6) is 0 Å². The molecule has 1 aromatic carbocycles.